The average molecular weight is 398 g/mol. The van der Waals surface area contributed by atoms with Crippen molar-refractivity contribution in [3.05, 3.63) is 71.0 Å². The molecule has 0 unspecified atom stereocenters. The van der Waals surface area contributed by atoms with Gasteiger partial charge in [-0.1, -0.05) is 18.2 Å². The van der Waals surface area contributed by atoms with Crippen LogP contribution in [0.1, 0.15) is 46.5 Å². The van der Waals surface area contributed by atoms with Crippen molar-refractivity contribution < 1.29 is 18.7 Å². The van der Waals surface area contributed by atoms with Gasteiger partial charge in [0.25, 0.3) is 5.91 Å². The third kappa shape index (κ3) is 5.71. The van der Waals surface area contributed by atoms with Gasteiger partial charge in [0, 0.05) is 37.3 Å². The topological polar surface area (TPSA) is 58.6 Å². The molecule has 0 aromatic heterocycles. The molecule has 0 aliphatic carbocycles. The summed E-state index contributed by atoms with van der Waals surface area (Å²) in [4.78, 5) is 27.8. The number of ketones is 1. The van der Waals surface area contributed by atoms with Gasteiger partial charge < -0.3 is 10.1 Å². The smallest absolute Gasteiger partial charge is 0.252 e. The summed E-state index contributed by atoms with van der Waals surface area (Å²) in [5, 5.41) is 2.91. The quantitative estimate of drug-likeness (QED) is 0.574. The lowest BCUT2D eigenvalue weighted by molar-refractivity contribution is -0.0680. The van der Waals surface area contributed by atoms with Crippen LogP contribution >= 0.6 is 0 Å². The predicted octanol–water partition coefficient (Wildman–Crippen LogP) is 3.29. The zero-order valence-electron chi connectivity index (χ0n) is 16.9. The fourth-order valence-electron chi connectivity index (χ4n) is 3.70. The maximum Gasteiger partial charge on any atom is 0.252 e. The summed E-state index contributed by atoms with van der Waals surface area (Å²) in [7, 11) is 0. The van der Waals surface area contributed by atoms with E-state index >= 15 is 0 Å². The van der Waals surface area contributed by atoms with E-state index < -0.39 is 5.82 Å². The Kier molecular flexibility index (Phi) is 7.12. The molecule has 154 valence electrons. The second-order valence-electron chi connectivity index (χ2n) is 7.51. The minimum Gasteiger partial charge on any atom is -0.373 e. The number of hydrogen-bond acceptors (Lipinski definition) is 4. The van der Waals surface area contributed by atoms with Crippen LogP contribution in [0.3, 0.4) is 0 Å². The van der Waals surface area contributed by atoms with Crippen LogP contribution in [-0.4, -0.2) is 55.0 Å². The minimum absolute atomic E-state index is 0.220. The standard InChI is InChI=1S/C23H27FN2O3/c1-16-14-26(15-17(2)29-16)13-5-12-25-23(28)21-7-4-3-6-20(21)22(27)18-8-10-19(24)11-9-18/h3-4,6-11,16-17H,5,12-15H2,1-2H3,(H,25,28)/t16-,17+. The van der Waals surface area contributed by atoms with Crippen LogP contribution in [0.15, 0.2) is 48.5 Å². The summed E-state index contributed by atoms with van der Waals surface area (Å²) in [6, 6.07) is 12.0. The maximum atomic E-state index is 13.1. The van der Waals surface area contributed by atoms with E-state index in [1.807, 2.05) is 0 Å². The number of ether oxygens (including phenoxy) is 1. The molecular weight excluding hydrogens is 371 g/mol. The van der Waals surface area contributed by atoms with Crippen LogP contribution in [0.5, 0.6) is 0 Å². The lowest BCUT2D eigenvalue weighted by Gasteiger charge is -2.35. The number of rotatable bonds is 7. The summed E-state index contributed by atoms with van der Waals surface area (Å²) in [6.45, 7) is 7.34. The Morgan fingerprint density at radius 3 is 2.31 bits per heavy atom. The second kappa shape index (κ2) is 9.76. The first-order chi connectivity index (χ1) is 13.9. The molecule has 0 radical (unpaired) electrons. The van der Waals surface area contributed by atoms with E-state index in [-0.39, 0.29) is 23.9 Å². The van der Waals surface area contributed by atoms with Crippen LogP contribution in [-0.2, 0) is 4.74 Å². The number of nitrogens with zero attached hydrogens (tertiary/aromatic N) is 1. The Morgan fingerprint density at radius 1 is 1.03 bits per heavy atom. The number of carbonyl (C=O) groups is 2. The van der Waals surface area contributed by atoms with Gasteiger partial charge in [0.2, 0.25) is 0 Å². The van der Waals surface area contributed by atoms with Crippen molar-refractivity contribution in [1.82, 2.24) is 10.2 Å². The zero-order chi connectivity index (χ0) is 20.8. The van der Waals surface area contributed by atoms with Gasteiger partial charge in [-0.15, -0.1) is 0 Å². The molecule has 1 amide bonds. The third-order valence-electron chi connectivity index (χ3n) is 4.95. The maximum absolute atomic E-state index is 13.1. The van der Waals surface area contributed by atoms with Gasteiger partial charge in [-0.25, -0.2) is 4.39 Å². The summed E-state index contributed by atoms with van der Waals surface area (Å²) in [5.41, 5.74) is 0.991. The Hall–Kier alpha value is -2.57. The molecule has 2 aromatic rings. The molecule has 0 saturated carbocycles. The molecule has 1 saturated heterocycles. The predicted molar refractivity (Wildman–Crippen MR) is 110 cm³/mol. The van der Waals surface area contributed by atoms with Gasteiger partial charge in [-0.05, 0) is 50.6 Å². The number of halogens is 1. The molecule has 1 N–H and O–H groups in total. The van der Waals surface area contributed by atoms with Crippen molar-refractivity contribution in [2.75, 3.05) is 26.2 Å². The Bertz CT molecular complexity index is 843. The van der Waals surface area contributed by atoms with Crippen molar-refractivity contribution in [3.8, 4) is 0 Å². The molecule has 5 nitrogen and oxygen atoms in total. The number of benzene rings is 2. The monoisotopic (exact) mass is 398 g/mol. The molecule has 2 atom stereocenters. The molecule has 1 heterocycles. The van der Waals surface area contributed by atoms with E-state index in [0.717, 1.165) is 26.1 Å². The number of nitrogens with one attached hydrogen (secondary N) is 1. The highest BCUT2D eigenvalue weighted by atomic mass is 19.1. The molecule has 1 fully saturated rings. The van der Waals surface area contributed by atoms with E-state index in [4.69, 9.17) is 4.74 Å². The first-order valence-electron chi connectivity index (χ1n) is 9.99. The average Bonchev–Trinajstić information content (AvgIpc) is 2.70. The molecule has 6 heteroatoms. The number of carbonyl (C=O) groups excluding carboxylic acids is 2. The van der Waals surface area contributed by atoms with Crippen molar-refractivity contribution in [3.63, 3.8) is 0 Å². The Labute approximate surface area is 170 Å². The fourth-order valence-corrected chi connectivity index (χ4v) is 3.70. The van der Waals surface area contributed by atoms with Gasteiger partial charge in [-0.3, -0.25) is 14.5 Å². The second-order valence-corrected chi connectivity index (χ2v) is 7.51. The molecule has 29 heavy (non-hydrogen) atoms. The highest BCUT2D eigenvalue weighted by molar-refractivity contribution is 6.15. The lowest BCUT2D eigenvalue weighted by Crippen LogP contribution is -2.46. The van der Waals surface area contributed by atoms with Gasteiger partial charge in [0.1, 0.15) is 5.82 Å². The van der Waals surface area contributed by atoms with Crippen molar-refractivity contribution in [2.45, 2.75) is 32.5 Å². The summed E-state index contributed by atoms with van der Waals surface area (Å²) >= 11 is 0. The van der Waals surface area contributed by atoms with Crippen molar-refractivity contribution in [1.29, 1.82) is 0 Å². The van der Waals surface area contributed by atoms with Crippen LogP contribution < -0.4 is 5.32 Å². The number of hydrogen-bond donors (Lipinski definition) is 1. The fraction of sp³-hybridized carbons (Fsp3) is 0.391. The van der Waals surface area contributed by atoms with Crippen molar-refractivity contribution in [2.24, 2.45) is 0 Å². The SMILES string of the molecule is C[C@@H]1CN(CCCNC(=O)c2ccccc2C(=O)c2ccc(F)cc2)C[C@H](C)O1. The van der Waals surface area contributed by atoms with Crippen LogP contribution in [0.2, 0.25) is 0 Å². The summed E-state index contributed by atoms with van der Waals surface area (Å²) < 4.78 is 18.9. The van der Waals surface area contributed by atoms with E-state index in [0.29, 0.717) is 23.2 Å². The molecule has 0 bridgehead atoms. The first kappa shape index (κ1) is 21.1. The summed E-state index contributed by atoms with van der Waals surface area (Å²) in [6.07, 6.45) is 1.26. The van der Waals surface area contributed by atoms with Crippen molar-refractivity contribution >= 4 is 11.7 Å². The largest absolute Gasteiger partial charge is 0.373 e. The van der Waals surface area contributed by atoms with Gasteiger partial charge in [0.15, 0.2) is 5.78 Å². The summed E-state index contributed by atoms with van der Waals surface area (Å²) in [5.74, 6) is -0.983. The highest BCUT2D eigenvalue weighted by Crippen LogP contribution is 2.16. The number of morpholine rings is 1. The third-order valence-corrected chi connectivity index (χ3v) is 4.95. The minimum atomic E-state index is -0.406. The Balaban J connectivity index is 1.57. The molecule has 1 aliphatic rings. The van der Waals surface area contributed by atoms with Crippen LogP contribution in [0.4, 0.5) is 4.39 Å². The van der Waals surface area contributed by atoms with Gasteiger partial charge in [-0.2, -0.15) is 0 Å². The van der Waals surface area contributed by atoms with Crippen LogP contribution in [0, 0.1) is 5.82 Å². The van der Waals surface area contributed by atoms with Crippen LogP contribution in [0.25, 0.3) is 0 Å². The highest BCUT2D eigenvalue weighted by Gasteiger charge is 2.22. The van der Waals surface area contributed by atoms with E-state index in [1.165, 1.54) is 24.3 Å². The molecule has 2 aromatic carbocycles. The molecule has 3 rings (SSSR count). The first-order valence-corrected chi connectivity index (χ1v) is 9.99. The molecular formula is C23H27FN2O3. The lowest BCUT2D eigenvalue weighted by atomic mass is 9.98. The van der Waals surface area contributed by atoms with Gasteiger partial charge in [0.05, 0.1) is 17.8 Å². The normalized spacial score (nSPS) is 19.7. The van der Waals surface area contributed by atoms with E-state index in [1.54, 1.807) is 24.3 Å². The van der Waals surface area contributed by atoms with Gasteiger partial charge >= 0.3 is 0 Å². The zero-order valence-corrected chi connectivity index (χ0v) is 16.9. The van der Waals surface area contributed by atoms with E-state index in [9.17, 15) is 14.0 Å². The number of amides is 1. The molecule has 0 spiro atoms. The molecule has 1 aliphatic heterocycles. The Morgan fingerprint density at radius 2 is 1.66 bits per heavy atom. The van der Waals surface area contributed by atoms with E-state index in [2.05, 4.69) is 24.1 Å².